The van der Waals surface area contributed by atoms with Gasteiger partial charge in [0.15, 0.2) is 0 Å². The van der Waals surface area contributed by atoms with Crippen LogP contribution in [0, 0.1) is 0 Å². The molecule has 1 aliphatic rings. The van der Waals surface area contributed by atoms with E-state index in [2.05, 4.69) is 17.3 Å². The van der Waals surface area contributed by atoms with Crippen LogP contribution in [0.3, 0.4) is 0 Å². The number of carbonyl (C=O) groups is 1. The first-order valence-electron chi connectivity index (χ1n) is 11.6. The first-order valence-corrected chi connectivity index (χ1v) is 11.6. The van der Waals surface area contributed by atoms with Crippen LogP contribution in [0.1, 0.15) is 68.6 Å². The third kappa shape index (κ3) is 4.43. The molecule has 6 nitrogen and oxygen atoms in total. The van der Waals surface area contributed by atoms with Crippen LogP contribution < -0.4 is 10.7 Å². The molecule has 0 atom stereocenters. The second kappa shape index (κ2) is 9.50. The molecule has 0 unspecified atom stereocenters. The van der Waals surface area contributed by atoms with Crippen molar-refractivity contribution < 1.29 is 4.79 Å². The fourth-order valence-electron chi connectivity index (χ4n) is 4.64. The standard InChI is InChI=1S/C25H32N4O2/c1-3-4-11-16-29-17-20(24(31)26-19-14-9-6-10-15-19)23(30)21-22(27-28(2)25(21)29)18-12-7-5-8-13-18/h5,7-8,12-13,17,19H,3-4,6,9-11,14-16H2,1-2H3,(H,26,31). The van der Waals surface area contributed by atoms with Gasteiger partial charge in [0.25, 0.3) is 5.91 Å². The molecule has 164 valence electrons. The maximum atomic E-state index is 13.6. The van der Waals surface area contributed by atoms with E-state index in [0.717, 1.165) is 62.7 Å². The van der Waals surface area contributed by atoms with Crippen molar-refractivity contribution in [2.75, 3.05) is 0 Å². The number of pyridine rings is 1. The number of hydrogen-bond donors (Lipinski definition) is 1. The Hall–Kier alpha value is -2.89. The Kier molecular flexibility index (Phi) is 6.54. The van der Waals surface area contributed by atoms with Crippen LogP contribution in [0.15, 0.2) is 41.3 Å². The molecule has 4 rings (SSSR count). The van der Waals surface area contributed by atoms with Gasteiger partial charge < -0.3 is 9.88 Å². The summed E-state index contributed by atoms with van der Waals surface area (Å²) < 4.78 is 3.81. The number of nitrogens with zero attached hydrogens (tertiary/aromatic N) is 3. The smallest absolute Gasteiger partial charge is 0.256 e. The predicted molar refractivity (Wildman–Crippen MR) is 124 cm³/mol. The van der Waals surface area contributed by atoms with Gasteiger partial charge in [-0.25, -0.2) is 0 Å². The maximum absolute atomic E-state index is 13.6. The Morgan fingerprint density at radius 3 is 2.58 bits per heavy atom. The summed E-state index contributed by atoms with van der Waals surface area (Å²) in [5.74, 6) is -0.258. The molecule has 1 amide bonds. The van der Waals surface area contributed by atoms with Crippen molar-refractivity contribution >= 4 is 16.9 Å². The van der Waals surface area contributed by atoms with E-state index in [1.54, 1.807) is 10.9 Å². The summed E-state index contributed by atoms with van der Waals surface area (Å²) in [6.45, 7) is 2.92. The Morgan fingerprint density at radius 2 is 1.87 bits per heavy atom. The lowest BCUT2D eigenvalue weighted by molar-refractivity contribution is 0.0926. The van der Waals surface area contributed by atoms with Gasteiger partial charge in [-0.1, -0.05) is 69.4 Å². The molecule has 0 radical (unpaired) electrons. The fraction of sp³-hybridized carbons (Fsp3) is 0.480. The number of aryl methyl sites for hydroxylation is 2. The number of benzene rings is 1. The molecule has 0 bridgehead atoms. The van der Waals surface area contributed by atoms with Crippen molar-refractivity contribution in [3.63, 3.8) is 0 Å². The lowest BCUT2D eigenvalue weighted by Gasteiger charge is -2.23. The highest BCUT2D eigenvalue weighted by Gasteiger charge is 2.24. The zero-order valence-electron chi connectivity index (χ0n) is 18.6. The predicted octanol–water partition coefficient (Wildman–Crippen LogP) is 4.65. The van der Waals surface area contributed by atoms with E-state index in [-0.39, 0.29) is 22.9 Å². The molecule has 1 aromatic carbocycles. The first-order chi connectivity index (χ1) is 15.1. The van der Waals surface area contributed by atoms with Gasteiger partial charge in [0.2, 0.25) is 5.43 Å². The monoisotopic (exact) mass is 420 g/mol. The zero-order chi connectivity index (χ0) is 21.8. The molecule has 0 spiro atoms. The van der Waals surface area contributed by atoms with Gasteiger partial charge in [0.1, 0.15) is 16.9 Å². The molecule has 2 heterocycles. The third-order valence-corrected chi connectivity index (χ3v) is 6.28. The number of carbonyl (C=O) groups excluding carboxylic acids is 1. The normalized spacial score (nSPS) is 14.8. The van der Waals surface area contributed by atoms with Gasteiger partial charge in [0.05, 0.1) is 5.39 Å². The van der Waals surface area contributed by atoms with E-state index in [1.807, 2.05) is 41.9 Å². The molecule has 6 heteroatoms. The Bertz CT molecular complexity index is 1110. The number of aromatic nitrogens is 3. The summed E-state index contributed by atoms with van der Waals surface area (Å²) in [4.78, 5) is 26.7. The van der Waals surface area contributed by atoms with Crippen LogP contribution in [-0.4, -0.2) is 26.3 Å². The molecule has 2 aromatic heterocycles. The summed E-state index contributed by atoms with van der Waals surface area (Å²) in [5, 5.41) is 8.34. The van der Waals surface area contributed by atoms with Gasteiger partial charge in [-0.15, -0.1) is 0 Å². The number of unbranched alkanes of at least 4 members (excludes halogenated alkanes) is 2. The highest BCUT2D eigenvalue weighted by molar-refractivity contribution is 6.00. The van der Waals surface area contributed by atoms with Gasteiger partial charge in [-0.2, -0.15) is 5.10 Å². The second-order valence-corrected chi connectivity index (χ2v) is 8.62. The quantitative estimate of drug-likeness (QED) is 0.566. The van der Waals surface area contributed by atoms with Crippen molar-refractivity contribution in [2.24, 2.45) is 7.05 Å². The third-order valence-electron chi connectivity index (χ3n) is 6.28. The van der Waals surface area contributed by atoms with Gasteiger partial charge in [0, 0.05) is 31.4 Å². The second-order valence-electron chi connectivity index (χ2n) is 8.62. The summed E-state index contributed by atoms with van der Waals surface area (Å²) in [6, 6.07) is 9.90. The average Bonchev–Trinajstić information content (AvgIpc) is 3.14. The number of fused-ring (bicyclic) bond motifs is 1. The van der Waals surface area contributed by atoms with Crippen LogP contribution in [0.25, 0.3) is 22.3 Å². The van der Waals surface area contributed by atoms with Gasteiger partial charge in [-0.05, 0) is 19.3 Å². The van der Waals surface area contributed by atoms with Crippen LogP contribution >= 0.6 is 0 Å². The topological polar surface area (TPSA) is 68.9 Å². The Morgan fingerprint density at radius 1 is 1.13 bits per heavy atom. The summed E-state index contributed by atoms with van der Waals surface area (Å²) >= 11 is 0. The molecule has 1 N–H and O–H groups in total. The molecule has 1 fully saturated rings. The minimum absolute atomic E-state index is 0.160. The van der Waals surface area contributed by atoms with Crippen LogP contribution in [0.4, 0.5) is 0 Å². The largest absolute Gasteiger partial charge is 0.349 e. The number of amides is 1. The molecule has 31 heavy (non-hydrogen) atoms. The van der Waals surface area contributed by atoms with Crippen molar-refractivity contribution in [1.82, 2.24) is 19.7 Å². The van der Waals surface area contributed by atoms with Crippen LogP contribution in [-0.2, 0) is 13.6 Å². The number of nitrogens with one attached hydrogen (secondary N) is 1. The molecular formula is C25H32N4O2. The number of rotatable bonds is 7. The summed E-state index contributed by atoms with van der Waals surface area (Å²) in [5.41, 5.74) is 2.28. The lowest BCUT2D eigenvalue weighted by Crippen LogP contribution is -2.38. The first kappa shape index (κ1) is 21.3. The van der Waals surface area contributed by atoms with Crippen molar-refractivity contribution in [1.29, 1.82) is 0 Å². The fourth-order valence-corrected chi connectivity index (χ4v) is 4.64. The minimum Gasteiger partial charge on any atom is -0.349 e. The van der Waals surface area contributed by atoms with Crippen molar-refractivity contribution in [3.8, 4) is 11.3 Å². The Labute approximate surface area is 183 Å². The van der Waals surface area contributed by atoms with Crippen LogP contribution in [0.2, 0.25) is 0 Å². The maximum Gasteiger partial charge on any atom is 0.256 e. The number of hydrogen-bond acceptors (Lipinski definition) is 3. The molecule has 3 aromatic rings. The van der Waals surface area contributed by atoms with Crippen molar-refractivity contribution in [3.05, 3.63) is 52.3 Å². The molecule has 0 saturated heterocycles. The highest BCUT2D eigenvalue weighted by Crippen LogP contribution is 2.26. The van der Waals surface area contributed by atoms with Gasteiger partial charge >= 0.3 is 0 Å². The van der Waals surface area contributed by atoms with E-state index in [1.165, 1.54) is 6.42 Å². The SMILES string of the molecule is CCCCCn1cc(C(=O)NC2CCCCC2)c(=O)c2c(-c3ccccc3)nn(C)c21. The van der Waals surface area contributed by atoms with E-state index in [9.17, 15) is 9.59 Å². The van der Waals surface area contributed by atoms with E-state index in [4.69, 9.17) is 0 Å². The molecule has 1 saturated carbocycles. The highest BCUT2D eigenvalue weighted by atomic mass is 16.2. The van der Waals surface area contributed by atoms with E-state index < -0.39 is 0 Å². The van der Waals surface area contributed by atoms with E-state index in [0.29, 0.717) is 11.1 Å². The molecule has 0 aliphatic heterocycles. The minimum atomic E-state index is -0.258. The molecular weight excluding hydrogens is 388 g/mol. The van der Waals surface area contributed by atoms with Crippen molar-refractivity contribution in [2.45, 2.75) is 70.9 Å². The average molecular weight is 421 g/mol. The molecule has 1 aliphatic carbocycles. The lowest BCUT2D eigenvalue weighted by atomic mass is 9.95. The van der Waals surface area contributed by atoms with Crippen LogP contribution in [0.5, 0.6) is 0 Å². The van der Waals surface area contributed by atoms with E-state index >= 15 is 0 Å². The summed E-state index contributed by atoms with van der Waals surface area (Å²) in [7, 11) is 1.87. The summed E-state index contributed by atoms with van der Waals surface area (Å²) in [6.07, 6.45) is 10.4. The van der Waals surface area contributed by atoms with Gasteiger partial charge in [-0.3, -0.25) is 14.3 Å². The zero-order valence-corrected chi connectivity index (χ0v) is 18.6. The Balaban J connectivity index is 1.82.